The summed E-state index contributed by atoms with van der Waals surface area (Å²) in [6.45, 7) is 0.161. The van der Waals surface area contributed by atoms with Crippen molar-refractivity contribution >= 4 is 23.5 Å². The molecular formula is C13H14ClNO5. The molecule has 1 aromatic carbocycles. The Balaban J connectivity index is 2.20. The van der Waals surface area contributed by atoms with Crippen molar-refractivity contribution in [1.29, 1.82) is 0 Å². The van der Waals surface area contributed by atoms with Crippen molar-refractivity contribution in [2.24, 2.45) is 0 Å². The van der Waals surface area contributed by atoms with Crippen molar-refractivity contribution in [3.8, 4) is 11.5 Å². The van der Waals surface area contributed by atoms with Crippen LogP contribution in [0.15, 0.2) is 18.2 Å². The van der Waals surface area contributed by atoms with Crippen molar-refractivity contribution in [3.63, 3.8) is 0 Å². The summed E-state index contributed by atoms with van der Waals surface area (Å²) in [5.41, 5.74) is 0.720. The largest absolute Gasteiger partial charge is 0.469 e. The molecule has 1 amide bonds. The molecule has 0 radical (unpaired) electrons. The van der Waals surface area contributed by atoms with Gasteiger partial charge in [-0.05, 0) is 17.7 Å². The van der Waals surface area contributed by atoms with E-state index in [1.54, 1.807) is 18.2 Å². The number of alkyl halides is 1. The summed E-state index contributed by atoms with van der Waals surface area (Å²) >= 11 is 5.47. The zero-order valence-corrected chi connectivity index (χ0v) is 11.6. The summed E-state index contributed by atoms with van der Waals surface area (Å²) in [5, 5.41) is 2.67. The first-order valence-corrected chi connectivity index (χ1v) is 6.49. The van der Waals surface area contributed by atoms with Gasteiger partial charge < -0.3 is 19.5 Å². The highest BCUT2D eigenvalue weighted by Gasteiger charge is 2.22. The van der Waals surface area contributed by atoms with E-state index in [9.17, 15) is 9.59 Å². The smallest absolute Gasteiger partial charge is 0.307 e. The van der Waals surface area contributed by atoms with Gasteiger partial charge in [-0.15, -0.1) is 11.6 Å². The molecule has 0 spiro atoms. The molecule has 0 saturated carbocycles. The van der Waals surface area contributed by atoms with E-state index in [4.69, 9.17) is 21.1 Å². The van der Waals surface area contributed by atoms with Gasteiger partial charge in [0, 0.05) is 0 Å². The minimum absolute atomic E-state index is 0.0127. The van der Waals surface area contributed by atoms with Crippen LogP contribution in [0.2, 0.25) is 0 Å². The number of carbonyl (C=O) groups excluding carboxylic acids is 2. The number of rotatable bonds is 5. The SMILES string of the molecule is COC(=O)C[C@H](NC(=O)CCl)c1ccc2c(c1)OCO2. The Morgan fingerprint density at radius 1 is 1.40 bits per heavy atom. The van der Waals surface area contributed by atoms with E-state index in [-0.39, 0.29) is 25.0 Å². The molecule has 1 N–H and O–H groups in total. The van der Waals surface area contributed by atoms with Crippen LogP contribution in [-0.4, -0.2) is 31.7 Å². The lowest BCUT2D eigenvalue weighted by atomic mass is 10.0. The number of halogens is 1. The van der Waals surface area contributed by atoms with Gasteiger partial charge in [-0.3, -0.25) is 9.59 Å². The van der Waals surface area contributed by atoms with Crippen LogP contribution in [0.1, 0.15) is 18.0 Å². The fourth-order valence-electron chi connectivity index (χ4n) is 1.86. The van der Waals surface area contributed by atoms with Crippen molar-refractivity contribution in [3.05, 3.63) is 23.8 Å². The molecule has 0 unspecified atom stereocenters. The molecule has 1 atom stereocenters. The lowest BCUT2D eigenvalue weighted by Crippen LogP contribution is -2.31. The quantitative estimate of drug-likeness (QED) is 0.657. The Bertz CT molecular complexity index is 501. The number of benzene rings is 1. The molecule has 0 aliphatic carbocycles. The fraction of sp³-hybridized carbons (Fsp3) is 0.385. The highest BCUT2D eigenvalue weighted by Crippen LogP contribution is 2.34. The van der Waals surface area contributed by atoms with Crippen LogP contribution in [0, 0.1) is 0 Å². The molecule has 1 aliphatic heterocycles. The number of hydrogen-bond acceptors (Lipinski definition) is 5. The van der Waals surface area contributed by atoms with Gasteiger partial charge in [0.15, 0.2) is 11.5 Å². The second-order valence-corrected chi connectivity index (χ2v) is 4.41. The molecular weight excluding hydrogens is 286 g/mol. The Kier molecular flexibility index (Phi) is 4.68. The Labute approximate surface area is 120 Å². The van der Waals surface area contributed by atoms with E-state index >= 15 is 0 Å². The number of esters is 1. The second-order valence-electron chi connectivity index (χ2n) is 4.15. The van der Waals surface area contributed by atoms with E-state index in [1.165, 1.54) is 7.11 Å². The lowest BCUT2D eigenvalue weighted by molar-refractivity contribution is -0.141. The summed E-state index contributed by atoms with van der Waals surface area (Å²) in [6.07, 6.45) is 0.0127. The summed E-state index contributed by atoms with van der Waals surface area (Å²) in [7, 11) is 1.29. The minimum Gasteiger partial charge on any atom is -0.469 e. The van der Waals surface area contributed by atoms with Crippen LogP contribution >= 0.6 is 11.6 Å². The van der Waals surface area contributed by atoms with Gasteiger partial charge in [0.1, 0.15) is 5.88 Å². The van der Waals surface area contributed by atoms with Crippen molar-refractivity contribution in [1.82, 2.24) is 5.32 Å². The van der Waals surface area contributed by atoms with E-state index in [0.717, 1.165) is 5.56 Å². The maximum absolute atomic E-state index is 11.4. The molecule has 1 aromatic rings. The Hall–Kier alpha value is -1.95. The van der Waals surface area contributed by atoms with E-state index < -0.39 is 12.0 Å². The van der Waals surface area contributed by atoms with E-state index in [1.807, 2.05) is 0 Å². The van der Waals surface area contributed by atoms with Gasteiger partial charge in [-0.1, -0.05) is 6.07 Å². The van der Waals surface area contributed by atoms with E-state index in [0.29, 0.717) is 11.5 Å². The third-order valence-electron chi connectivity index (χ3n) is 2.85. The van der Waals surface area contributed by atoms with Gasteiger partial charge >= 0.3 is 5.97 Å². The third-order valence-corrected chi connectivity index (χ3v) is 3.10. The van der Waals surface area contributed by atoms with Gasteiger partial charge in [-0.25, -0.2) is 0 Å². The second kappa shape index (κ2) is 6.47. The molecule has 7 heteroatoms. The number of fused-ring (bicyclic) bond motifs is 1. The molecule has 108 valence electrons. The maximum Gasteiger partial charge on any atom is 0.307 e. The van der Waals surface area contributed by atoms with Crippen LogP contribution in [-0.2, 0) is 14.3 Å². The van der Waals surface area contributed by atoms with Crippen LogP contribution in [0.3, 0.4) is 0 Å². The zero-order valence-electron chi connectivity index (χ0n) is 10.8. The standard InChI is InChI=1S/C13H14ClNO5/c1-18-13(17)5-9(15-12(16)6-14)8-2-3-10-11(4-8)20-7-19-10/h2-4,9H,5-7H2,1H3,(H,15,16)/t9-/m0/s1. The van der Waals surface area contributed by atoms with E-state index in [2.05, 4.69) is 10.1 Å². The summed E-state index contributed by atoms with van der Waals surface area (Å²) in [4.78, 5) is 22.9. The first-order chi connectivity index (χ1) is 9.63. The highest BCUT2D eigenvalue weighted by molar-refractivity contribution is 6.27. The molecule has 6 nitrogen and oxygen atoms in total. The monoisotopic (exact) mass is 299 g/mol. The molecule has 0 bridgehead atoms. The maximum atomic E-state index is 11.4. The normalized spacial score (nSPS) is 13.7. The molecule has 20 heavy (non-hydrogen) atoms. The van der Waals surface area contributed by atoms with Crippen LogP contribution in [0.25, 0.3) is 0 Å². The third kappa shape index (κ3) is 3.33. The average Bonchev–Trinajstić information content (AvgIpc) is 2.93. The van der Waals surface area contributed by atoms with Crippen LogP contribution < -0.4 is 14.8 Å². The summed E-state index contributed by atoms with van der Waals surface area (Å²) in [6, 6.07) is 4.69. The fourth-order valence-corrected chi connectivity index (χ4v) is 1.94. The van der Waals surface area contributed by atoms with Gasteiger partial charge in [-0.2, -0.15) is 0 Å². The Morgan fingerprint density at radius 3 is 2.85 bits per heavy atom. The molecule has 1 heterocycles. The molecule has 1 aliphatic rings. The van der Waals surface area contributed by atoms with Crippen LogP contribution in [0.5, 0.6) is 11.5 Å². The predicted molar refractivity (Wildman–Crippen MR) is 70.8 cm³/mol. The van der Waals surface area contributed by atoms with Crippen molar-refractivity contribution < 1.29 is 23.8 Å². The minimum atomic E-state index is -0.525. The predicted octanol–water partition coefficient (Wildman–Crippen LogP) is 1.37. The molecule has 0 saturated heterocycles. The summed E-state index contributed by atoms with van der Waals surface area (Å²) in [5.74, 6) is 0.245. The van der Waals surface area contributed by atoms with Crippen molar-refractivity contribution in [2.45, 2.75) is 12.5 Å². The summed E-state index contributed by atoms with van der Waals surface area (Å²) < 4.78 is 15.1. The lowest BCUT2D eigenvalue weighted by Gasteiger charge is -2.18. The highest BCUT2D eigenvalue weighted by atomic mass is 35.5. The topological polar surface area (TPSA) is 73.9 Å². The Morgan fingerprint density at radius 2 is 2.15 bits per heavy atom. The number of hydrogen-bond donors (Lipinski definition) is 1. The first kappa shape index (κ1) is 14.5. The number of nitrogens with one attached hydrogen (secondary N) is 1. The molecule has 0 aromatic heterocycles. The number of carbonyl (C=O) groups is 2. The molecule has 0 fully saturated rings. The van der Waals surface area contributed by atoms with Gasteiger partial charge in [0.25, 0.3) is 0 Å². The molecule has 2 rings (SSSR count). The average molecular weight is 300 g/mol. The van der Waals surface area contributed by atoms with Gasteiger partial charge in [0.2, 0.25) is 12.7 Å². The number of amides is 1. The number of methoxy groups -OCH3 is 1. The first-order valence-electron chi connectivity index (χ1n) is 5.95. The van der Waals surface area contributed by atoms with Crippen molar-refractivity contribution in [2.75, 3.05) is 19.8 Å². The number of ether oxygens (including phenoxy) is 3. The zero-order chi connectivity index (χ0) is 14.5. The van der Waals surface area contributed by atoms with Gasteiger partial charge in [0.05, 0.1) is 19.6 Å². The van der Waals surface area contributed by atoms with Crippen LogP contribution in [0.4, 0.5) is 0 Å².